The van der Waals surface area contributed by atoms with Gasteiger partial charge in [0, 0.05) is 18.4 Å². The van der Waals surface area contributed by atoms with E-state index in [9.17, 15) is 9.50 Å². The number of phenols is 1. The van der Waals surface area contributed by atoms with Crippen molar-refractivity contribution in [3.63, 3.8) is 0 Å². The van der Waals surface area contributed by atoms with Gasteiger partial charge in [-0.25, -0.2) is 4.39 Å². The first-order valence-corrected chi connectivity index (χ1v) is 8.49. The molecule has 0 aromatic heterocycles. The quantitative estimate of drug-likeness (QED) is 0.739. The molecule has 1 atom stereocenters. The van der Waals surface area contributed by atoms with Crippen LogP contribution in [0.3, 0.4) is 0 Å². The molecule has 0 spiro atoms. The number of rotatable bonds is 5. The van der Waals surface area contributed by atoms with Crippen molar-refractivity contribution in [3.05, 3.63) is 77.6 Å². The van der Waals surface area contributed by atoms with E-state index in [1.807, 2.05) is 30.3 Å². The zero-order chi connectivity index (χ0) is 16.5. The summed E-state index contributed by atoms with van der Waals surface area (Å²) < 4.78 is 13.1. The van der Waals surface area contributed by atoms with E-state index in [1.54, 1.807) is 6.07 Å². The van der Waals surface area contributed by atoms with Gasteiger partial charge in [-0.15, -0.1) is 0 Å². The lowest BCUT2D eigenvalue weighted by Crippen LogP contribution is -3.10. The summed E-state index contributed by atoms with van der Waals surface area (Å²) in [5, 5.41) is 12.7. The van der Waals surface area contributed by atoms with Gasteiger partial charge in [0.25, 0.3) is 0 Å². The Hall–Kier alpha value is -2.39. The minimum absolute atomic E-state index is 0.196. The van der Waals surface area contributed by atoms with Crippen LogP contribution in [0.2, 0.25) is 0 Å². The van der Waals surface area contributed by atoms with E-state index >= 15 is 0 Å². The molecule has 122 valence electrons. The van der Waals surface area contributed by atoms with E-state index in [4.69, 9.17) is 0 Å². The van der Waals surface area contributed by atoms with E-state index in [2.05, 4.69) is 12.1 Å². The highest BCUT2D eigenvalue weighted by molar-refractivity contribution is 5.87. The van der Waals surface area contributed by atoms with Gasteiger partial charge in [0.05, 0.1) is 11.6 Å². The monoisotopic (exact) mass is 322 g/mol. The molecule has 0 heterocycles. The first-order chi connectivity index (χ1) is 11.7. The normalized spacial score (nSPS) is 15.5. The second-order valence-electron chi connectivity index (χ2n) is 6.70. The molecule has 0 amide bonds. The predicted octanol–water partition coefficient (Wildman–Crippen LogP) is 3.43. The molecule has 0 radical (unpaired) electrons. The summed E-state index contributed by atoms with van der Waals surface area (Å²) in [5.74, 6) is 0.171. The second kappa shape index (κ2) is 6.25. The van der Waals surface area contributed by atoms with E-state index in [0.29, 0.717) is 11.8 Å². The Labute approximate surface area is 141 Å². The van der Waals surface area contributed by atoms with Crippen LogP contribution < -0.4 is 4.90 Å². The van der Waals surface area contributed by atoms with Crippen LogP contribution in [0.25, 0.3) is 10.8 Å². The number of aromatic hydroxyl groups is 1. The van der Waals surface area contributed by atoms with Crippen LogP contribution in [-0.2, 0) is 13.1 Å². The maximum Gasteiger partial charge on any atom is 0.125 e. The van der Waals surface area contributed by atoms with Crippen molar-refractivity contribution in [1.82, 2.24) is 0 Å². The summed E-state index contributed by atoms with van der Waals surface area (Å²) in [6.45, 7) is 1.64. The molecular weight excluding hydrogens is 301 g/mol. The molecule has 4 rings (SSSR count). The fraction of sp³-hybridized carbons (Fsp3) is 0.238. The van der Waals surface area contributed by atoms with Gasteiger partial charge >= 0.3 is 0 Å². The van der Waals surface area contributed by atoms with Crippen molar-refractivity contribution in [3.8, 4) is 5.75 Å². The fourth-order valence-corrected chi connectivity index (χ4v) is 3.44. The minimum Gasteiger partial charge on any atom is -0.507 e. The summed E-state index contributed by atoms with van der Waals surface area (Å²) in [5.41, 5.74) is 2.15. The van der Waals surface area contributed by atoms with Crippen LogP contribution >= 0.6 is 0 Å². The topological polar surface area (TPSA) is 24.7 Å². The first kappa shape index (κ1) is 15.2. The summed E-state index contributed by atoms with van der Waals surface area (Å²) in [6, 6.07) is 19.3. The van der Waals surface area contributed by atoms with Gasteiger partial charge in [0.15, 0.2) is 0 Å². The number of quaternary nitrogens is 1. The molecule has 3 heteroatoms. The number of nitrogens with one attached hydrogen (secondary N) is 1. The third kappa shape index (κ3) is 3.13. The highest BCUT2D eigenvalue weighted by atomic mass is 19.1. The highest BCUT2D eigenvalue weighted by Crippen LogP contribution is 2.27. The van der Waals surface area contributed by atoms with Crippen molar-refractivity contribution < 1.29 is 14.4 Å². The SMILES string of the molecule is Oc1ccc2ccccc2c1C[NH+](Cc1ccc(F)cc1)C1CC1. The van der Waals surface area contributed by atoms with Gasteiger partial charge in [-0.1, -0.05) is 42.5 Å². The van der Waals surface area contributed by atoms with Gasteiger partial charge in [-0.2, -0.15) is 0 Å². The van der Waals surface area contributed by atoms with Gasteiger partial charge in [0.1, 0.15) is 24.7 Å². The van der Waals surface area contributed by atoms with Crippen LogP contribution in [0, 0.1) is 5.82 Å². The summed E-state index contributed by atoms with van der Waals surface area (Å²) in [6.07, 6.45) is 2.45. The van der Waals surface area contributed by atoms with Crippen molar-refractivity contribution in [2.45, 2.75) is 32.0 Å². The van der Waals surface area contributed by atoms with Gasteiger partial charge in [-0.05, 0) is 29.0 Å². The summed E-state index contributed by atoms with van der Waals surface area (Å²) in [7, 11) is 0. The standard InChI is InChI=1S/C21H20FNO/c22-17-8-5-15(6-9-17)13-23(18-10-11-18)14-20-19-4-2-1-3-16(19)7-12-21(20)24/h1-9,12,18,24H,10-11,13-14H2/p+1. The smallest absolute Gasteiger partial charge is 0.125 e. The molecule has 0 bridgehead atoms. The maximum atomic E-state index is 13.1. The summed E-state index contributed by atoms with van der Waals surface area (Å²) >= 11 is 0. The lowest BCUT2D eigenvalue weighted by atomic mass is 10.0. The number of benzene rings is 3. The molecule has 1 unspecified atom stereocenters. The fourth-order valence-electron chi connectivity index (χ4n) is 3.44. The number of hydrogen-bond donors (Lipinski definition) is 2. The molecule has 24 heavy (non-hydrogen) atoms. The molecule has 2 N–H and O–H groups in total. The molecule has 1 fully saturated rings. The zero-order valence-electron chi connectivity index (χ0n) is 13.5. The minimum atomic E-state index is -0.196. The van der Waals surface area contributed by atoms with Crippen molar-refractivity contribution in [2.24, 2.45) is 0 Å². The van der Waals surface area contributed by atoms with Crippen molar-refractivity contribution in [1.29, 1.82) is 0 Å². The van der Waals surface area contributed by atoms with Gasteiger partial charge in [0.2, 0.25) is 0 Å². The molecular formula is C21H21FNO+. The number of fused-ring (bicyclic) bond motifs is 1. The maximum absolute atomic E-state index is 13.1. The predicted molar refractivity (Wildman–Crippen MR) is 93.4 cm³/mol. The third-order valence-electron chi connectivity index (χ3n) is 4.92. The van der Waals surface area contributed by atoms with Crippen molar-refractivity contribution >= 4 is 10.8 Å². The summed E-state index contributed by atoms with van der Waals surface area (Å²) in [4.78, 5) is 1.44. The Bertz CT molecular complexity index is 855. The number of phenolic OH excluding ortho intramolecular Hbond substituents is 1. The third-order valence-corrected chi connectivity index (χ3v) is 4.92. The lowest BCUT2D eigenvalue weighted by molar-refractivity contribution is -0.938. The van der Waals surface area contributed by atoms with Crippen LogP contribution in [0.1, 0.15) is 24.0 Å². The molecule has 2 nitrogen and oxygen atoms in total. The molecule has 0 aliphatic heterocycles. The van der Waals surface area contributed by atoms with E-state index in [1.165, 1.54) is 29.9 Å². The Morgan fingerprint density at radius 1 is 0.917 bits per heavy atom. The number of hydrogen-bond acceptors (Lipinski definition) is 1. The van der Waals surface area contributed by atoms with Crippen LogP contribution in [0.5, 0.6) is 5.75 Å². The first-order valence-electron chi connectivity index (χ1n) is 8.49. The van der Waals surface area contributed by atoms with Crippen LogP contribution in [0.4, 0.5) is 4.39 Å². The Morgan fingerprint density at radius 2 is 1.67 bits per heavy atom. The van der Waals surface area contributed by atoms with Crippen LogP contribution in [-0.4, -0.2) is 11.1 Å². The van der Waals surface area contributed by atoms with Gasteiger partial charge < -0.3 is 10.0 Å². The molecule has 3 aromatic carbocycles. The molecule has 0 saturated heterocycles. The highest BCUT2D eigenvalue weighted by Gasteiger charge is 2.34. The Balaban J connectivity index is 1.64. The van der Waals surface area contributed by atoms with Crippen LogP contribution in [0.15, 0.2) is 60.7 Å². The van der Waals surface area contributed by atoms with Crippen molar-refractivity contribution in [2.75, 3.05) is 0 Å². The molecule has 3 aromatic rings. The molecule has 1 aliphatic rings. The van der Waals surface area contributed by atoms with E-state index < -0.39 is 0 Å². The zero-order valence-corrected chi connectivity index (χ0v) is 13.5. The number of halogens is 1. The average molecular weight is 322 g/mol. The van der Waals surface area contributed by atoms with E-state index in [0.717, 1.165) is 35.0 Å². The van der Waals surface area contributed by atoms with E-state index in [-0.39, 0.29) is 5.82 Å². The molecule has 1 aliphatic carbocycles. The Kier molecular flexibility index (Phi) is 3.95. The molecule has 1 saturated carbocycles. The average Bonchev–Trinajstić information content (AvgIpc) is 3.43. The second-order valence-corrected chi connectivity index (χ2v) is 6.70. The lowest BCUT2D eigenvalue weighted by Gasteiger charge is -2.21. The largest absolute Gasteiger partial charge is 0.507 e. The van der Waals surface area contributed by atoms with Gasteiger partial charge in [-0.3, -0.25) is 0 Å². The Morgan fingerprint density at radius 3 is 2.42 bits per heavy atom.